The van der Waals surface area contributed by atoms with Gasteiger partial charge in [0.15, 0.2) is 0 Å². The summed E-state index contributed by atoms with van der Waals surface area (Å²) >= 11 is 0. The number of aliphatic imine (C=N–C) groups is 1. The number of methoxy groups -OCH3 is 1. The minimum atomic E-state index is -0.533. The quantitative estimate of drug-likeness (QED) is 0.506. The van der Waals surface area contributed by atoms with Gasteiger partial charge in [0.1, 0.15) is 11.6 Å². The molecule has 1 saturated carbocycles. The predicted octanol–water partition coefficient (Wildman–Crippen LogP) is 3.41. The van der Waals surface area contributed by atoms with Crippen molar-refractivity contribution in [3.8, 4) is 5.75 Å². The Hall–Kier alpha value is -3.20. The number of anilines is 3. The van der Waals surface area contributed by atoms with E-state index in [9.17, 15) is 4.79 Å². The zero-order valence-electron chi connectivity index (χ0n) is 21.4. The van der Waals surface area contributed by atoms with Crippen molar-refractivity contribution < 1.29 is 9.53 Å². The van der Waals surface area contributed by atoms with Gasteiger partial charge in [0.2, 0.25) is 11.9 Å². The first-order chi connectivity index (χ1) is 16.8. The second kappa shape index (κ2) is 10.6. The van der Waals surface area contributed by atoms with Crippen molar-refractivity contribution in [2.75, 3.05) is 44.0 Å². The largest absolute Gasteiger partial charge is 0.495 e. The first-order valence-electron chi connectivity index (χ1n) is 12.4. The lowest BCUT2D eigenvalue weighted by Crippen LogP contribution is -2.46. The number of nitrogens with zero attached hydrogens (tertiary/aromatic N) is 4. The van der Waals surface area contributed by atoms with Crippen molar-refractivity contribution in [2.24, 2.45) is 10.4 Å². The summed E-state index contributed by atoms with van der Waals surface area (Å²) in [7, 11) is 3.42. The van der Waals surface area contributed by atoms with Crippen LogP contribution in [0.25, 0.3) is 0 Å². The minimum absolute atomic E-state index is 0.0381. The number of rotatable bonds is 9. The maximum absolute atomic E-state index is 13.3. The molecule has 1 aromatic carbocycles. The molecule has 0 bridgehead atoms. The fraction of sp³-hybridized carbons (Fsp3) is 0.538. The molecule has 188 valence electrons. The highest BCUT2D eigenvalue weighted by Crippen LogP contribution is 2.30. The summed E-state index contributed by atoms with van der Waals surface area (Å²) in [5, 5.41) is 10.1. The van der Waals surface area contributed by atoms with Crippen LogP contribution in [0, 0.1) is 12.3 Å². The lowest BCUT2D eigenvalue weighted by molar-refractivity contribution is -0.126. The highest BCUT2D eigenvalue weighted by molar-refractivity contribution is 6.00. The maximum Gasteiger partial charge on any atom is 0.233 e. The van der Waals surface area contributed by atoms with E-state index in [0.717, 1.165) is 35.9 Å². The molecule has 1 aromatic heterocycles. The molecule has 35 heavy (non-hydrogen) atoms. The standard InChI is InChI=1S/C26H37N7O2/c1-17-21(33(4)24(34)26(2,3)16-30-19-8-6-7-9-19)15-29-25(31-17)32-20-11-10-18(14-22(20)35-5)23-27-12-13-28-23/h10-11,14-15,19,30H,6-9,12-13,16H2,1-5H3,(H,27,28)(H,29,31,32). The van der Waals surface area contributed by atoms with Crippen molar-refractivity contribution in [3.05, 3.63) is 35.7 Å². The van der Waals surface area contributed by atoms with Crippen molar-refractivity contribution in [3.63, 3.8) is 0 Å². The maximum atomic E-state index is 13.3. The molecule has 2 heterocycles. The number of aromatic nitrogens is 2. The number of carbonyl (C=O) groups excluding carboxylic acids is 1. The summed E-state index contributed by atoms with van der Waals surface area (Å²) in [6.45, 7) is 8.15. The van der Waals surface area contributed by atoms with Gasteiger partial charge in [-0.3, -0.25) is 9.79 Å². The third-order valence-electron chi connectivity index (χ3n) is 6.78. The van der Waals surface area contributed by atoms with E-state index in [4.69, 9.17) is 4.74 Å². The highest BCUT2D eigenvalue weighted by atomic mass is 16.5. The lowest BCUT2D eigenvalue weighted by atomic mass is 9.91. The molecule has 9 heteroatoms. The molecule has 1 fully saturated rings. The third kappa shape index (κ3) is 5.73. The zero-order valence-corrected chi connectivity index (χ0v) is 21.4. The van der Waals surface area contributed by atoms with Crippen LogP contribution in [-0.2, 0) is 4.79 Å². The average molecular weight is 480 g/mol. The molecule has 0 spiro atoms. The SMILES string of the molecule is COc1cc(C2=NCCN2)ccc1Nc1ncc(N(C)C(=O)C(C)(C)CNC2CCCC2)c(C)n1. The molecule has 1 aliphatic heterocycles. The Morgan fingerprint density at radius 1 is 1.29 bits per heavy atom. The van der Waals surface area contributed by atoms with Crippen LogP contribution in [0.15, 0.2) is 29.4 Å². The van der Waals surface area contributed by atoms with Crippen LogP contribution in [0.4, 0.5) is 17.3 Å². The van der Waals surface area contributed by atoms with Gasteiger partial charge in [-0.1, -0.05) is 12.8 Å². The van der Waals surface area contributed by atoms with Crippen LogP contribution in [0.2, 0.25) is 0 Å². The molecule has 1 aliphatic carbocycles. The summed E-state index contributed by atoms with van der Waals surface area (Å²) in [5.74, 6) is 2.03. The van der Waals surface area contributed by atoms with E-state index >= 15 is 0 Å². The second-order valence-electron chi connectivity index (χ2n) is 9.97. The molecule has 4 rings (SSSR count). The molecule has 1 amide bonds. The summed E-state index contributed by atoms with van der Waals surface area (Å²) in [4.78, 5) is 28.5. The van der Waals surface area contributed by atoms with E-state index < -0.39 is 5.41 Å². The number of amidine groups is 1. The summed E-state index contributed by atoms with van der Waals surface area (Å²) < 4.78 is 5.58. The molecule has 0 radical (unpaired) electrons. The molecular weight excluding hydrogens is 442 g/mol. The Kier molecular flexibility index (Phi) is 7.54. The molecule has 0 unspecified atom stereocenters. The van der Waals surface area contributed by atoms with Crippen LogP contribution in [0.1, 0.15) is 50.8 Å². The summed E-state index contributed by atoms with van der Waals surface area (Å²) in [6.07, 6.45) is 6.62. The number of hydrogen-bond acceptors (Lipinski definition) is 8. The fourth-order valence-electron chi connectivity index (χ4n) is 4.67. The number of ether oxygens (including phenoxy) is 1. The molecule has 3 N–H and O–H groups in total. The second-order valence-corrected chi connectivity index (χ2v) is 9.97. The molecule has 2 aromatic rings. The average Bonchev–Trinajstić information content (AvgIpc) is 3.57. The zero-order chi connectivity index (χ0) is 25.0. The van der Waals surface area contributed by atoms with Gasteiger partial charge in [-0.05, 0) is 51.8 Å². The van der Waals surface area contributed by atoms with Crippen LogP contribution >= 0.6 is 0 Å². The van der Waals surface area contributed by atoms with Gasteiger partial charge in [0, 0.05) is 31.7 Å². The van der Waals surface area contributed by atoms with E-state index in [1.807, 2.05) is 39.0 Å². The number of nitrogens with one attached hydrogen (secondary N) is 3. The Morgan fingerprint density at radius 2 is 2.06 bits per heavy atom. The van der Waals surface area contributed by atoms with Crippen molar-refractivity contribution in [1.82, 2.24) is 20.6 Å². The van der Waals surface area contributed by atoms with Crippen molar-refractivity contribution >= 4 is 29.1 Å². The van der Waals surface area contributed by atoms with E-state index in [1.54, 1.807) is 25.3 Å². The Bertz CT molecular complexity index is 1090. The molecular formula is C26H37N7O2. The first-order valence-corrected chi connectivity index (χ1v) is 12.4. The predicted molar refractivity (Wildman–Crippen MR) is 140 cm³/mol. The van der Waals surface area contributed by atoms with E-state index in [0.29, 0.717) is 30.0 Å². The van der Waals surface area contributed by atoms with Crippen molar-refractivity contribution in [2.45, 2.75) is 52.5 Å². The topological polar surface area (TPSA) is 104 Å². The first kappa shape index (κ1) is 24.9. The number of aryl methyl sites for hydroxylation is 1. The number of carbonyl (C=O) groups is 1. The molecule has 0 atom stereocenters. The van der Waals surface area contributed by atoms with Gasteiger partial charge < -0.3 is 25.6 Å². The molecule has 9 nitrogen and oxygen atoms in total. The number of hydrogen-bond donors (Lipinski definition) is 3. The molecule has 2 aliphatic rings. The van der Waals surface area contributed by atoms with Crippen LogP contribution in [-0.4, -0.2) is 61.5 Å². The van der Waals surface area contributed by atoms with Crippen LogP contribution in [0.3, 0.4) is 0 Å². The lowest BCUT2D eigenvalue weighted by Gasteiger charge is -2.31. The summed E-state index contributed by atoms with van der Waals surface area (Å²) in [6, 6.07) is 6.38. The summed E-state index contributed by atoms with van der Waals surface area (Å²) in [5.41, 5.74) is 2.61. The smallest absolute Gasteiger partial charge is 0.233 e. The van der Waals surface area contributed by atoms with Gasteiger partial charge >= 0.3 is 0 Å². The van der Waals surface area contributed by atoms with Gasteiger partial charge in [-0.25, -0.2) is 9.97 Å². The minimum Gasteiger partial charge on any atom is -0.495 e. The van der Waals surface area contributed by atoms with Crippen LogP contribution in [0.5, 0.6) is 5.75 Å². The third-order valence-corrected chi connectivity index (χ3v) is 6.78. The van der Waals surface area contributed by atoms with E-state index in [-0.39, 0.29) is 5.91 Å². The van der Waals surface area contributed by atoms with Gasteiger partial charge in [0.05, 0.1) is 42.3 Å². The highest BCUT2D eigenvalue weighted by Gasteiger charge is 2.33. The Balaban J connectivity index is 1.44. The normalized spacial score (nSPS) is 16.1. The van der Waals surface area contributed by atoms with Gasteiger partial charge in [0.25, 0.3) is 0 Å². The van der Waals surface area contributed by atoms with Gasteiger partial charge in [-0.2, -0.15) is 0 Å². The van der Waals surface area contributed by atoms with Crippen molar-refractivity contribution in [1.29, 1.82) is 0 Å². The van der Waals surface area contributed by atoms with Crippen LogP contribution < -0.4 is 25.6 Å². The van der Waals surface area contributed by atoms with E-state index in [1.165, 1.54) is 25.7 Å². The Labute approximate surface area is 207 Å². The number of amides is 1. The fourth-order valence-corrected chi connectivity index (χ4v) is 4.67. The molecule has 0 saturated heterocycles. The van der Waals surface area contributed by atoms with Gasteiger partial charge in [-0.15, -0.1) is 0 Å². The Morgan fingerprint density at radius 3 is 2.71 bits per heavy atom. The number of benzene rings is 1. The monoisotopic (exact) mass is 479 g/mol. The van der Waals surface area contributed by atoms with E-state index in [2.05, 4.69) is 30.9 Å².